The van der Waals surface area contributed by atoms with Crippen LogP contribution in [0.5, 0.6) is 11.5 Å². The average molecular weight is 201 g/mol. The second-order valence-corrected chi connectivity index (χ2v) is 3.18. The van der Waals surface area contributed by atoms with E-state index in [9.17, 15) is 13.9 Å². The van der Waals surface area contributed by atoms with E-state index < -0.39 is 17.7 Å². The molecule has 0 radical (unpaired) electrons. The van der Waals surface area contributed by atoms with E-state index in [2.05, 4.69) is 0 Å². The summed E-state index contributed by atoms with van der Waals surface area (Å²) in [7, 11) is 0. The Morgan fingerprint density at radius 1 is 1.50 bits per heavy atom. The summed E-state index contributed by atoms with van der Waals surface area (Å²) in [5.74, 6) is -2.84. The molecule has 1 atom stereocenters. The molecule has 1 aromatic carbocycles. The van der Waals surface area contributed by atoms with Gasteiger partial charge in [-0.3, -0.25) is 0 Å². The van der Waals surface area contributed by atoms with Crippen LogP contribution in [0.15, 0.2) is 6.07 Å². The Morgan fingerprint density at radius 3 is 2.93 bits per heavy atom. The summed E-state index contributed by atoms with van der Waals surface area (Å²) in [6.45, 7) is 0.230. The molecule has 0 amide bonds. The van der Waals surface area contributed by atoms with Gasteiger partial charge in [0.15, 0.2) is 11.6 Å². The highest BCUT2D eigenvalue weighted by Gasteiger charge is 2.27. The molecule has 3 N–H and O–H groups in total. The van der Waals surface area contributed by atoms with E-state index in [-0.39, 0.29) is 23.7 Å². The molecular weight excluding hydrogens is 192 g/mol. The number of ether oxygens (including phenoxy) is 1. The van der Waals surface area contributed by atoms with Gasteiger partial charge in [-0.25, -0.2) is 4.39 Å². The molecule has 14 heavy (non-hydrogen) atoms. The molecule has 2 rings (SSSR count). The zero-order valence-electron chi connectivity index (χ0n) is 7.26. The second-order valence-electron chi connectivity index (χ2n) is 3.18. The normalized spacial score (nSPS) is 20.1. The summed E-state index contributed by atoms with van der Waals surface area (Å²) < 4.78 is 30.9. The van der Waals surface area contributed by atoms with Crippen LogP contribution in [0.3, 0.4) is 0 Å². The number of phenols is 1. The van der Waals surface area contributed by atoms with Crippen molar-refractivity contribution in [2.24, 2.45) is 5.73 Å². The Bertz CT molecular complexity index is 382. The number of fused-ring (bicyclic) bond motifs is 1. The van der Waals surface area contributed by atoms with Gasteiger partial charge >= 0.3 is 0 Å². The van der Waals surface area contributed by atoms with Gasteiger partial charge in [0, 0.05) is 18.5 Å². The molecule has 0 aliphatic carbocycles. The summed E-state index contributed by atoms with van der Waals surface area (Å²) in [5.41, 5.74) is 5.79. The highest BCUT2D eigenvalue weighted by Crippen LogP contribution is 2.40. The topological polar surface area (TPSA) is 55.5 Å². The quantitative estimate of drug-likeness (QED) is 0.668. The number of hydrogen-bond donors (Lipinski definition) is 2. The molecule has 0 spiro atoms. The van der Waals surface area contributed by atoms with Gasteiger partial charge in [-0.15, -0.1) is 0 Å². The smallest absolute Gasteiger partial charge is 0.201 e. The summed E-state index contributed by atoms with van der Waals surface area (Å²) in [5, 5.41) is 9.37. The van der Waals surface area contributed by atoms with Crippen molar-refractivity contribution >= 4 is 0 Å². The minimum Gasteiger partial charge on any atom is -0.507 e. The number of halogens is 2. The predicted molar refractivity (Wildman–Crippen MR) is 45.1 cm³/mol. The summed E-state index contributed by atoms with van der Waals surface area (Å²) in [6, 6.07) is 0.205. The lowest BCUT2D eigenvalue weighted by atomic mass is 10.00. The van der Waals surface area contributed by atoms with Gasteiger partial charge in [-0.05, 0) is 0 Å². The molecule has 0 aromatic heterocycles. The van der Waals surface area contributed by atoms with E-state index in [4.69, 9.17) is 10.5 Å². The van der Waals surface area contributed by atoms with E-state index in [0.29, 0.717) is 12.5 Å². The van der Waals surface area contributed by atoms with Crippen molar-refractivity contribution in [2.75, 3.05) is 6.61 Å². The van der Waals surface area contributed by atoms with Crippen LogP contribution in [-0.4, -0.2) is 11.7 Å². The Morgan fingerprint density at radius 2 is 2.21 bits per heavy atom. The van der Waals surface area contributed by atoms with Gasteiger partial charge < -0.3 is 15.6 Å². The van der Waals surface area contributed by atoms with Gasteiger partial charge in [0.1, 0.15) is 5.75 Å². The Labute approximate surface area is 79.1 Å². The zero-order chi connectivity index (χ0) is 10.3. The minimum absolute atomic E-state index is 0.148. The number of benzene rings is 1. The molecule has 0 fully saturated rings. The van der Waals surface area contributed by atoms with E-state index in [1.54, 1.807) is 0 Å². The van der Waals surface area contributed by atoms with Gasteiger partial charge in [0.25, 0.3) is 0 Å². The number of aromatic hydroxyl groups is 1. The third kappa shape index (κ3) is 1.21. The fourth-order valence-corrected chi connectivity index (χ4v) is 1.54. The standard InChI is InChI=1S/C9H9F2NO2/c10-4-3-6(13)7-5(12)1-2-14-9(7)8(4)11/h3,5,13H,1-2,12H2/t5-/m0/s1. The first-order valence-corrected chi connectivity index (χ1v) is 4.20. The van der Waals surface area contributed by atoms with E-state index in [1.807, 2.05) is 0 Å². The maximum atomic E-state index is 13.2. The van der Waals surface area contributed by atoms with Crippen LogP contribution in [0.4, 0.5) is 8.78 Å². The first kappa shape index (κ1) is 9.21. The second kappa shape index (κ2) is 3.09. The van der Waals surface area contributed by atoms with Gasteiger partial charge in [-0.1, -0.05) is 0 Å². The number of nitrogens with two attached hydrogens (primary N) is 1. The molecule has 1 aliphatic heterocycles. The molecule has 1 aliphatic rings. The van der Waals surface area contributed by atoms with Crippen LogP contribution in [-0.2, 0) is 0 Å². The lowest BCUT2D eigenvalue weighted by Crippen LogP contribution is -2.22. The molecule has 5 heteroatoms. The molecule has 0 saturated carbocycles. The lowest BCUT2D eigenvalue weighted by molar-refractivity contribution is 0.245. The predicted octanol–water partition coefficient (Wildman–Crippen LogP) is 1.45. The number of rotatable bonds is 0. The van der Waals surface area contributed by atoms with Gasteiger partial charge in [-0.2, -0.15) is 4.39 Å². The number of hydrogen-bond acceptors (Lipinski definition) is 3. The zero-order valence-corrected chi connectivity index (χ0v) is 7.26. The van der Waals surface area contributed by atoms with Crippen molar-refractivity contribution in [3.8, 4) is 11.5 Å². The molecule has 0 bridgehead atoms. The van der Waals surface area contributed by atoms with Crippen LogP contribution in [0, 0.1) is 11.6 Å². The van der Waals surface area contributed by atoms with Crippen LogP contribution in [0.25, 0.3) is 0 Å². The first-order valence-electron chi connectivity index (χ1n) is 4.20. The highest BCUT2D eigenvalue weighted by molar-refractivity contribution is 5.48. The van der Waals surface area contributed by atoms with E-state index in [1.165, 1.54) is 0 Å². The lowest BCUT2D eigenvalue weighted by Gasteiger charge is -2.24. The fraction of sp³-hybridized carbons (Fsp3) is 0.333. The maximum Gasteiger partial charge on any atom is 0.201 e. The van der Waals surface area contributed by atoms with Crippen molar-refractivity contribution in [3.63, 3.8) is 0 Å². The van der Waals surface area contributed by atoms with E-state index in [0.717, 1.165) is 0 Å². The molecule has 1 aromatic rings. The van der Waals surface area contributed by atoms with Crippen molar-refractivity contribution in [3.05, 3.63) is 23.3 Å². The molecule has 0 unspecified atom stereocenters. The fourth-order valence-electron chi connectivity index (χ4n) is 1.54. The summed E-state index contributed by atoms with van der Waals surface area (Å²) >= 11 is 0. The van der Waals surface area contributed by atoms with Gasteiger partial charge in [0.05, 0.1) is 12.2 Å². The van der Waals surface area contributed by atoms with Gasteiger partial charge in [0.2, 0.25) is 5.82 Å². The molecule has 1 heterocycles. The SMILES string of the molecule is N[C@H]1CCOc2c(F)c(F)cc(O)c21. The van der Waals surface area contributed by atoms with Crippen LogP contribution in [0.2, 0.25) is 0 Å². The monoisotopic (exact) mass is 201 g/mol. The molecular formula is C9H9F2NO2. The first-order chi connectivity index (χ1) is 6.61. The minimum atomic E-state index is -1.13. The van der Waals surface area contributed by atoms with Crippen molar-refractivity contribution < 1.29 is 18.6 Å². The Kier molecular flexibility index (Phi) is 2.03. The molecule has 76 valence electrons. The van der Waals surface area contributed by atoms with Crippen LogP contribution >= 0.6 is 0 Å². The van der Waals surface area contributed by atoms with Crippen molar-refractivity contribution in [1.29, 1.82) is 0 Å². The highest BCUT2D eigenvalue weighted by atomic mass is 19.2. The van der Waals surface area contributed by atoms with E-state index >= 15 is 0 Å². The third-order valence-corrected chi connectivity index (χ3v) is 2.24. The Balaban J connectivity index is 2.66. The van der Waals surface area contributed by atoms with Crippen molar-refractivity contribution in [1.82, 2.24) is 0 Å². The van der Waals surface area contributed by atoms with Crippen LogP contribution in [0.1, 0.15) is 18.0 Å². The molecule has 3 nitrogen and oxygen atoms in total. The summed E-state index contributed by atoms with van der Waals surface area (Å²) in [6.07, 6.45) is 0.478. The Hall–Kier alpha value is -1.36. The summed E-state index contributed by atoms with van der Waals surface area (Å²) in [4.78, 5) is 0. The van der Waals surface area contributed by atoms with Crippen molar-refractivity contribution in [2.45, 2.75) is 12.5 Å². The average Bonchev–Trinajstić information content (AvgIpc) is 2.14. The largest absolute Gasteiger partial charge is 0.507 e. The molecule has 0 saturated heterocycles. The van der Waals surface area contributed by atoms with Crippen LogP contribution < -0.4 is 10.5 Å². The number of phenolic OH excluding ortho intramolecular Hbond substituents is 1. The maximum absolute atomic E-state index is 13.2. The third-order valence-electron chi connectivity index (χ3n) is 2.24.